The largest absolute Gasteiger partial charge is 0.465 e. The van der Waals surface area contributed by atoms with Gasteiger partial charge in [-0.05, 0) is 12.1 Å². The van der Waals surface area contributed by atoms with Crippen LogP contribution in [0, 0.1) is 5.82 Å². The first-order valence-electron chi connectivity index (χ1n) is 4.54. The Morgan fingerprint density at radius 3 is 1.84 bits per heavy atom. The van der Waals surface area contributed by atoms with E-state index in [1.807, 2.05) is 0 Å². The molecule has 0 saturated heterocycles. The van der Waals surface area contributed by atoms with Gasteiger partial charge >= 0.3 is 18.3 Å². The molecule has 0 radical (unpaired) electrons. The molecule has 0 unspecified atom stereocenters. The zero-order valence-corrected chi connectivity index (χ0v) is 9.12. The van der Waals surface area contributed by atoms with Crippen LogP contribution in [0.3, 0.4) is 0 Å². The summed E-state index contributed by atoms with van der Waals surface area (Å²) in [7, 11) is 0.720. The molecule has 0 saturated carbocycles. The molecule has 0 N–H and O–H groups in total. The summed E-state index contributed by atoms with van der Waals surface area (Å²) < 4.78 is 91.6. The Morgan fingerprint density at radius 1 is 1.00 bits per heavy atom. The van der Waals surface area contributed by atoms with Crippen LogP contribution in [0.25, 0.3) is 0 Å². The Hall–Kier alpha value is -1.80. The van der Waals surface area contributed by atoms with Crippen LogP contribution in [0.2, 0.25) is 0 Å². The van der Waals surface area contributed by atoms with E-state index in [2.05, 4.69) is 4.74 Å². The second kappa shape index (κ2) is 4.71. The van der Waals surface area contributed by atoms with Crippen LogP contribution in [-0.2, 0) is 17.1 Å². The molecule has 0 aliphatic heterocycles. The molecule has 0 atom stereocenters. The lowest BCUT2D eigenvalue weighted by Gasteiger charge is -2.15. The molecule has 106 valence electrons. The Labute approximate surface area is 101 Å². The smallest absolute Gasteiger partial charge is 0.419 e. The topological polar surface area (TPSA) is 26.3 Å². The van der Waals surface area contributed by atoms with Gasteiger partial charge in [0.2, 0.25) is 0 Å². The summed E-state index contributed by atoms with van der Waals surface area (Å²) in [4.78, 5) is 11.0. The molecule has 0 spiro atoms. The maximum Gasteiger partial charge on any atom is 0.419 e. The standard InChI is InChI=1S/C10H5F7O2/c1-19-8(18)4-2-7(11)6(10(15,16)17)3-5(4)9(12,13)14/h2-3H,1H3. The lowest BCUT2D eigenvalue weighted by Crippen LogP contribution is -2.18. The number of carbonyl (C=O) groups excluding carboxylic acids is 1. The summed E-state index contributed by atoms with van der Waals surface area (Å²) in [5.74, 6) is -3.57. The summed E-state index contributed by atoms with van der Waals surface area (Å²) in [5, 5.41) is 0. The lowest BCUT2D eigenvalue weighted by molar-refractivity contribution is -0.144. The number of ether oxygens (including phenoxy) is 1. The maximum absolute atomic E-state index is 13.1. The van der Waals surface area contributed by atoms with Crippen LogP contribution in [-0.4, -0.2) is 13.1 Å². The first-order valence-corrected chi connectivity index (χ1v) is 4.54. The first kappa shape index (κ1) is 15.3. The van der Waals surface area contributed by atoms with Crippen molar-refractivity contribution < 1.29 is 40.3 Å². The van der Waals surface area contributed by atoms with Gasteiger partial charge in [-0.2, -0.15) is 26.3 Å². The Balaban J connectivity index is 3.60. The third-order valence-electron chi connectivity index (χ3n) is 2.12. The van der Waals surface area contributed by atoms with Crippen LogP contribution in [0.1, 0.15) is 21.5 Å². The SMILES string of the molecule is COC(=O)c1cc(F)c(C(F)(F)F)cc1C(F)(F)F. The molecule has 9 heteroatoms. The number of benzene rings is 1. The van der Waals surface area contributed by atoms with Crippen molar-refractivity contribution in [1.82, 2.24) is 0 Å². The van der Waals surface area contributed by atoms with Crippen LogP contribution < -0.4 is 0 Å². The van der Waals surface area contributed by atoms with E-state index in [0.717, 1.165) is 7.11 Å². The van der Waals surface area contributed by atoms with Crippen LogP contribution in [0.5, 0.6) is 0 Å². The van der Waals surface area contributed by atoms with Gasteiger partial charge in [-0.25, -0.2) is 9.18 Å². The van der Waals surface area contributed by atoms with Crippen molar-refractivity contribution in [1.29, 1.82) is 0 Å². The number of alkyl halides is 6. The Morgan fingerprint density at radius 2 is 1.47 bits per heavy atom. The average molecular weight is 290 g/mol. The fourth-order valence-corrected chi connectivity index (χ4v) is 1.30. The van der Waals surface area contributed by atoms with Gasteiger partial charge in [-0.1, -0.05) is 0 Å². The van der Waals surface area contributed by atoms with E-state index < -0.39 is 46.9 Å². The number of halogens is 7. The van der Waals surface area contributed by atoms with Crippen molar-refractivity contribution in [3.05, 3.63) is 34.6 Å². The van der Waals surface area contributed by atoms with Gasteiger partial charge in [0.05, 0.1) is 23.8 Å². The van der Waals surface area contributed by atoms with E-state index in [1.54, 1.807) is 0 Å². The highest BCUT2D eigenvalue weighted by Gasteiger charge is 2.41. The van der Waals surface area contributed by atoms with E-state index in [-0.39, 0.29) is 6.07 Å². The number of hydrogen-bond donors (Lipinski definition) is 0. The fraction of sp³-hybridized carbons (Fsp3) is 0.300. The number of esters is 1. The summed E-state index contributed by atoms with van der Waals surface area (Å²) in [5.41, 5.74) is -5.33. The molecule has 0 heterocycles. The average Bonchev–Trinajstić information content (AvgIpc) is 2.24. The number of hydrogen-bond acceptors (Lipinski definition) is 2. The van der Waals surface area contributed by atoms with E-state index >= 15 is 0 Å². The van der Waals surface area contributed by atoms with Crippen molar-refractivity contribution in [3.8, 4) is 0 Å². The van der Waals surface area contributed by atoms with Crippen LogP contribution in [0.4, 0.5) is 30.7 Å². The molecule has 2 nitrogen and oxygen atoms in total. The number of methoxy groups -OCH3 is 1. The summed E-state index contributed by atoms with van der Waals surface area (Å²) in [6, 6.07) is -0.598. The van der Waals surface area contributed by atoms with Crippen LogP contribution in [0.15, 0.2) is 12.1 Å². The van der Waals surface area contributed by atoms with Gasteiger partial charge in [0, 0.05) is 0 Å². The maximum atomic E-state index is 13.1. The molecule has 1 aromatic rings. The zero-order valence-electron chi connectivity index (χ0n) is 9.12. The predicted molar refractivity (Wildman–Crippen MR) is 47.7 cm³/mol. The quantitative estimate of drug-likeness (QED) is 0.583. The van der Waals surface area contributed by atoms with Gasteiger partial charge < -0.3 is 4.74 Å². The first-order chi connectivity index (χ1) is 8.48. The van der Waals surface area contributed by atoms with Crippen molar-refractivity contribution in [2.45, 2.75) is 12.4 Å². The monoisotopic (exact) mass is 290 g/mol. The Bertz CT molecular complexity index is 502. The second-order valence-electron chi connectivity index (χ2n) is 3.36. The van der Waals surface area contributed by atoms with Crippen molar-refractivity contribution in [3.63, 3.8) is 0 Å². The van der Waals surface area contributed by atoms with Gasteiger partial charge in [0.1, 0.15) is 5.82 Å². The second-order valence-corrected chi connectivity index (χ2v) is 3.36. The Kier molecular flexibility index (Phi) is 3.78. The van der Waals surface area contributed by atoms with Crippen molar-refractivity contribution in [2.75, 3.05) is 7.11 Å². The van der Waals surface area contributed by atoms with Crippen LogP contribution >= 0.6 is 0 Å². The number of carbonyl (C=O) groups is 1. The molecular formula is C10H5F7O2. The molecule has 0 aromatic heterocycles. The highest BCUT2D eigenvalue weighted by atomic mass is 19.4. The normalized spacial score (nSPS) is 12.4. The molecule has 1 rings (SSSR count). The minimum atomic E-state index is -5.31. The molecule has 0 aliphatic carbocycles. The minimum absolute atomic E-state index is 0.141. The summed E-state index contributed by atoms with van der Waals surface area (Å²) >= 11 is 0. The highest BCUT2D eigenvalue weighted by molar-refractivity contribution is 5.91. The van der Waals surface area contributed by atoms with E-state index in [4.69, 9.17) is 0 Å². The van der Waals surface area contributed by atoms with Crippen molar-refractivity contribution in [2.24, 2.45) is 0 Å². The summed E-state index contributed by atoms with van der Waals surface area (Å²) in [6.45, 7) is 0. The van der Waals surface area contributed by atoms with Gasteiger partial charge in [0.15, 0.2) is 0 Å². The molecule has 0 aliphatic rings. The predicted octanol–water partition coefficient (Wildman–Crippen LogP) is 3.65. The van der Waals surface area contributed by atoms with Gasteiger partial charge in [-0.3, -0.25) is 0 Å². The molecular weight excluding hydrogens is 285 g/mol. The molecule has 0 bridgehead atoms. The highest BCUT2D eigenvalue weighted by Crippen LogP contribution is 2.38. The van der Waals surface area contributed by atoms with Gasteiger partial charge in [-0.15, -0.1) is 0 Å². The fourth-order valence-electron chi connectivity index (χ4n) is 1.30. The molecule has 19 heavy (non-hydrogen) atoms. The van der Waals surface area contributed by atoms with E-state index in [1.165, 1.54) is 0 Å². The molecule has 1 aromatic carbocycles. The number of rotatable bonds is 1. The summed E-state index contributed by atoms with van der Waals surface area (Å²) in [6.07, 6.45) is -10.6. The van der Waals surface area contributed by atoms with E-state index in [9.17, 15) is 35.5 Å². The zero-order chi connectivity index (χ0) is 15.0. The lowest BCUT2D eigenvalue weighted by atomic mass is 10.0. The third kappa shape index (κ3) is 3.15. The molecule has 0 amide bonds. The third-order valence-corrected chi connectivity index (χ3v) is 2.12. The van der Waals surface area contributed by atoms with Gasteiger partial charge in [0.25, 0.3) is 0 Å². The van der Waals surface area contributed by atoms with E-state index in [0.29, 0.717) is 0 Å². The van der Waals surface area contributed by atoms with Crippen molar-refractivity contribution >= 4 is 5.97 Å². The minimum Gasteiger partial charge on any atom is -0.465 e. The molecule has 0 fully saturated rings.